The Labute approximate surface area is 105 Å². The van der Waals surface area contributed by atoms with Gasteiger partial charge >= 0.3 is 0 Å². The van der Waals surface area contributed by atoms with E-state index in [0.29, 0.717) is 12.1 Å². The molecule has 92 valence electrons. The van der Waals surface area contributed by atoms with E-state index in [0.717, 1.165) is 5.56 Å². The van der Waals surface area contributed by atoms with E-state index in [-0.39, 0.29) is 11.5 Å². The van der Waals surface area contributed by atoms with Crippen LogP contribution in [0.1, 0.15) is 17.3 Å². The molecule has 0 spiro atoms. The second-order valence-electron chi connectivity index (χ2n) is 3.89. The van der Waals surface area contributed by atoms with Crippen molar-refractivity contribution >= 4 is 5.91 Å². The lowest BCUT2D eigenvalue weighted by Crippen LogP contribution is -2.23. The Kier molecular flexibility index (Phi) is 3.72. The van der Waals surface area contributed by atoms with Gasteiger partial charge in [-0.1, -0.05) is 42.5 Å². The largest absolute Gasteiger partial charge is 0.352 e. The maximum atomic E-state index is 14.3. The van der Waals surface area contributed by atoms with Crippen molar-refractivity contribution in [2.75, 3.05) is 6.54 Å². The Morgan fingerprint density at radius 1 is 1.11 bits per heavy atom. The van der Waals surface area contributed by atoms with Crippen molar-refractivity contribution in [3.05, 3.63) is 59.9 Å². The lowest BCUT2D eigenvalue weighted by Gasteiger charge is -2.08. The van der Waals surface area contributed by atoms with E-state index in [1.807, 2.05) is 30.3 Å². The fraction of sp³-hybridized carbons (Fsp3) is 0.133. The van der Waals surface area contributed by atoms with Crippen molar-refractivity contribution in [3.8, 4) is 11.1 Å². The Morgan fingerprint density at radius 2 is 1.83 bits per heavy atom. The van der Waals surface area contributed by atoms with Gasteiger partial charge in [0.25, 0.3) is 5.91 Å². The summed E-state index contributed by atoms with van der Waals surface area (Å²) in [6.45, 7) is 2.28. The van der Waals surface area contributed by atoms with Crippen LogP contribution in [0.4, 0.5) is 4.39 Å². The second-order valence-corrected chi connectivity index (χ2v) is 3.89. The average Bonchev–Trinajstić information content (AvgIpc) is 2.40. The molecule has 0 unspecified atom stereocenters. The molecule has 0 saturated heterocycles. The van der Waals surface area contributed by atoms with Crippen molar-refractivity contribution < 1.29 is 9.18 Å². The first-order valence-electron chi connectivity index (χ1n) is 5.86. The summed E-state index contributed by atoms with van der Waals surface area (Å²) < 4.78 is 14.3. The van der Waals surface area contributed by atoms with Gasteiger partial charge in [-0.15, -0.1) is 0 Å². The van der Waals surface area contributed by atoms with Crippen LogP contribution in [-0.4, -0.2) is 12.5 Å². The summed E-state index contributed by atoms with van der Waals surface area (Å²) in [5.41, 5.74) is 1.29. The number of hydrogen-bond donors (Lipinski definition) is 1. The Balaban J connectivity index is 2.46. The maximum Gasteiger partial charge on any atom is 0.254 e. The zero-order chi connectivity index (χ0) is 13.0. The minimum Gasteiger partial charge on any atom is -0.352 e. The Hall–Kier alpha value is -2.16. The van der Waals surface area contributed by atoms with Gasteiger partial charge in [-0.25, -0.2) is 4.39 Å². The molecule has 2 rings (SSSR count). The molecule has 1 amide bonds. The summed E-state index contributed by atoms with van der Waals surface area (Å²) >= 11 is 0. The number of amides is 1. The minimum absolute atomic E-state index is 0.0817. The highest BCUT2D eigenvalue weighted by atomic mass is 19.1. The van der Waals surface area contributed by atoms with Crippen LogP contribution in [-0.2, 0) is 0 Å². The van der Waals surface area contributed by atoms with Gasteiger partial charge in [0.15, 0.2) is 0 Å². The molecule has 0 aliphatic rings. The number of carbonyl (C=O) groups excluding carboxylic acids is 1. The molecule has 0 atom stereocenters. The van der Waals surface area contributed by atoms with E-state index >= 15 is 0 Å². The molecular formula is C15H14FNO. The quantitative estimate of drug-likeness (QED) is 0.881. The molecule has 0 radical (unpaired) electrons. The van der Waals surface area contributed by atoms with Crippen molar-refractivity contribution in [1.29, 1.82) is 0 Å². The third-order valence-electron chi connectivity index (χ3n) is 2.67. The topological polar surface area (TPSA) is 29.1 Å². The van der Waals surface area contributed by atoms with Crippen LogP contribution in [0.15, 0.2) is 48.5 Å². The fourth-order valence-electron chi connectivity index (χ4n) is 1.80. The maximum absolute atomic E-state index is 14.3. The van der Waals surface area contributed by atoms with Crippen LogP contribution in [0.3, 0.4) is 0 Å². The lowest BCUT2D eigenvalue weighted by atomic mass is 10.0. The summed E-state index contributed by atoms with van der Waals surface area (Å²) in [6.07, 6.45) is 0. The third-order valence-corrected chi connectivity index (χ3v) is 2.67. The van der Waals surface area contributed by atoms with E-state index in [9.17, 15) is 9.18 Å². The van der Waals surface area contributed by atoms with Crippen LogP contribution >= 0.6 is 0 Å². The molecule has 0 aromatic heterocycles. The average molecular weight is 243 g/mol. The zero-order valence-corrected chi connectivity index (χ0v) is 10.1. The molecule has 1 N–H and O–H groups in total. The molecule has 0 saturated carbocycles. The Morgan fingerprint density at radius 3 is 2.50 bits per heavy atom. The number of hydrogen-bond acceptors (Lipinski definition) is 1. The van der Waals surface area contributed by atoms with Crippen molar-refractivity contribution in [1.82, 2.24) is 5.32 Å². The van der Waals surface area contributed by atoms with Gasteiger partial charge in [0, 0.05) is 12.1 Å². The number of nitrogens with one attached hydrogen (secondary N) is 1. The standard InChI is InChI=1S/C15H14FNO/c1-2-17-15(18)13-10-6-9-12(14(13)16)11-7-4-3-5-8-11/h3-10H,2H2,1H3,(H,17,18). The van der Waals surface area contributed by atoms with Gasteiger partial charge in [0.05, 0.1) is 5.56 Å². The van der Waals surface area contributed by atoms with E-state index in [1.165, 1.54) is 6.07 Å². The molecule has 0 heterocycles. The molecule has 0 bridgehead atoms. The molecule has 0 aliphatic carbocycles. The van der Waals surface area contributed by atoms with Gasteiger partial charge in [-0.2, -0.15) is 0 Å². The van der Waals surface area contributed by atoms with Gasteiger partial charge in [-0.3, -0.25) is 4.79 Å². The highest BCUT2D eigenvalue weighted by Gasteiger charge is 2.14. The molecule has 2 aromatic carbocycles. The number of halogens is 1. The summed E-state index contributed by atoms with van der Waals surface area (Å²) in [6, 6.07) is 14.0. The van der Waals surface area contributed by atoms with E-state index in [4.69, 9.17) is 0 Å². The first-order valence-corrected chi connectivity index (χ1v) is 5.86. The molecule has 18 heavy (non-hydrogen) atoms. The van der Waals surface area contributed by atoms with E-state index < -0.39 is 5.82 Å². The third kappa shape index (κ3) is 2.40. The lowest BCUT2D eigenvalue weighted by molar-refractivity contribution is 0.0952. The van der Waals surface area contributed by atoms with Gasteiger partial charge in [-0.05, 0) is 18.6 Å². The van der Waals surface area contributed by atoms with E-state index in [1.54, 1.807) is 19.1 Å². The molecule has 2 aromatic rings. The number of rotatable bonds is 3. The van der Waals surface area contributed by atoms with Crippen molar-refractivity contribution in [2.45, 2.75) is 6.92 Å². The van der Waals surface area contributed by atoms with Crippen LogP contribution in [0.2, 0.25) is 0 Å². The second kappa shape index (κ2) is 5.45. The van der Waals surface area contributed by atoms with Gasteiger partial charge in [0.2, 0.25) is 0 Å². The summed E-state index contributed by atoms with van der Waals surface area (Å²) in [5, 5.41) is 2.60. The van der Waals surface area contributed by atoms with Crippen LogP contribution in [0.25, 0.3) is 11.1 Å². The summed E-state index contributed by atoms with van der Waals surface area (Å²) in [7, 11) is 0. The molecule has 3 heteroatoms. The monoisotopic (exact) mass is 243 g/mol. The highest BCUT2D eigenvalue weighted by Crippen LogP contribution is 2.24. The summed E-state index contributed by atoms with van der Waals surface area (Å²) in [5.74, 6) is -0.859. The van der Waals surface area contributed by atoms with Gasteiger partial charge < -0.3 is 5.32 Å². The van der Waals surface area contributed by atoms with Crippen molar-refractivity contribution in [3.63, 3.8) is 0 Å². The smallest absolute Gasteiger partial charge is 0.254 e. The summed E-state index contributed by atoms with van der Waals surface area (Å²) in [4.78, 5) is 11.7. The zero-order valence-electron chi connectivity index (χ0n) is 10.1. The van der Waals surface area contributed by atoms with Crippen LogP contribution in [0.5, 0.6) is 0 Å². The first-order chi connectivity index (χ1) is 8.74. The predicted octanol–water partition coefficient (Wildman–Crippen LogP) is 3.24. The molecule has 0 fully saturated rings. The Bertz CT molecular complexity index is 552. The molecule has 0 aliphatic heterocycles. The fourth-order valence-corrected chi connectivity index (χ4v) is 1.80. The van der Waals surface area contributed by atoms with Crippen LogP contribution < -0.4 is 5.32 Å². The number of carbonyl (C=O) groups is 1. The normalized spacial score (nSPS) is 10.1. The molecule has 2 nitrogen and oxygen atoms in total. The van der Waals surface area contributed by atoms with Crippen LogP contribution in [0, 0.1) is 5.82 Å². The minimum atomic E-state index is -0.477. The highest BCUT2D eigenvalue weighted by molar-refractivity contribution is 5.95. The number of benzene rings is 2. The molecular weight excluding hydrogens is 229 g/mol. The van der Waals surface area contributed by atoms with Gasteiger partial charge in [0.1, 0.15) is 5.82 Å². The SMILES string of the molecule is CCNC(=O)c1cccc(-c2ccccc2)c1F. The predicted molar refractivity (Wildman–Crippen MR) is 69.8 cm³/mol. The first kappa shape index (κ1) is 12.3. The van der Waals surface area contributed by atoms with Crippen molar-refractivity contribution in [2.24, 2.45) is 0 Å². The van der Waals surface area contributed by atoms with E-state index in [2.05, 4.69) is 5.32 Å².